The Morgan fingerprint density at radius 1 is 1.04 bits per heavy atom. The number of sulfonamides is 1. The molecule has 0 atom stereocenters. The first-order valence-corrected chi connectivity index (χ1v) is 9.08. The maximum absolute atomic E-state index is 12.2. The van der Waals surface area contributed by atoms with Crippen LogP contribution in [0.15, 0.2) is 36.4 Å². The van der Waals surface area contributed by atoms with Crippen LogP contribution in [-0.4, -0.2) is 20.6 Å². The molecule has 0 aromatic heterocycles. The lowest BCUT2D eigenvalue weighted by Gasteiger charge is -2.10. The third-order valence-electron chi connectivity index (χ3n) is 3.29. The largest absolute Gasteiger partial charge is 0.322 e. The smallest absolute Gasteiger partial charge is 0.255 e. The second-order valence-corrected chi connectivity index (χ2v) is 7.48. The normalized spacial score (nSPS) is 11.1. The van der Waals surface area contributed by atoms with E-state index in [1.807, 2.05) is 26.0 Å². The number of hydrogen-bond donors (Lipinski definition) is 2. The molecule has 0 saturated carbocycles. The number of amides is 1. The average Bonchev–Trinajstić information content (AvgIpc) is 2.43. The van der Waals surface area contributed by atoms with Gasteiger partial charge in [0.05, 0.1) is 17.0 Å². The summed E-state index contributed by atoms with van der Waals surface area (Å²) in [5.41, 5.74) is 3.43. The van der Waals surface area contributed by atoms with Crippen molar-refractivity contribution in [2.24, 2.45) is 0 Å². The van der Waals surface area contributed by atoms with Crippen LogP contribution in [0.5, 0.6) is 0 Å². The highest BCUT2D eigenvalue weighted by atomic mass is 35.5. The topological polar surface area (TPSA) is 75.3 Å². The zero-order chi connectivity index (χ0) is 17.2. The molecule has 0 saturated heterocycles. The Kier molecular flexibility index (Phi) is 4.97. The van der Waals surface area contributed by atoms with Gasteiger partial charge in [-0.25, -0.2) is 8.42 Å². The van der Waals surface area contributed by atoms with Gasteiger partial charge in [-0.05, 0) is 55.3 Å². The fourth-order valence-corrected chi connectivity index (χ4v) is 2.82. The zero-order valence-corrected chi connectivity index (χ0v) is 14.5. The molecule has 0 heterocycles. The van der Waals surface area contributed by atoms with Gasteiger partial charge >= 0.3 is 0 Å². The fourth-order valence-electron chi connectivity index (χ4n) is 1.96. The van der Waals surface area contributed by atoms with Gasteiger partial charge in [0.1, 0.15) is 0 Å². The van der Waals surface area contributed by atoms with Crippen LogP contribution in [0, 0.1) is 13.8 Å². The van der Waals surface area contributed by atoms with Gasteiger partial charge in [0.15, 0.2) is 0 Å². The molecule has 0 aliphatic heterocycles. The number of carbonyl (C=O) groups is 1. The molecule has 122 valence electrons. The van der Waals surface area contributed by atoms with Crippen molar-refractivity contribution < 1.29 is 13.2 Å². The van der Waals surface area contributed by atoms with E-state index in [1.165, 1.54) is 12.1 Å². The van der Waals surface area contributed by atoms with Gasteiger partial charge in [0.2, 0.25) is 10.0 Å². The van der Waals surface area contributed by atoms with Crippen molar-refractivity contribution in [2.75, 3.05) is 16.3 Å². The Balaban J connectivity index is 2.18. The van der Waals surface area contributed by atoms with Crippen molar-refractivity contribution >= 4 is 38.9 Å². The summed E-state index contributed by atoms with van der Waals surface area (Å²) in [5, 5.41) is 2.94. The SMILES string of the molecule is Cc1ccc(C(=O)Nc2ccc(NS(C)(=O)=O)c(Cl)c2)cc1C. The first kappa shape index (κ1) is 17.3. The minimum atomic E-state index is -3.41. The monoisotopic (exact) mass is 352 g/mol. The van der Waals surface area contributed by atoms with E-state index in [0.29, 0.717) is 11.3 Å². The summed E-state index contributed by atoms with van der Waals surface area (Å²) in [6.07, 6.45) is 1.04. The van der Waals surface area contributed by atoms with Crippen LogP contribution >= 0.6 is 11.6 Å². The van der Waals surface area contributed by atoms with Crippen LogP contribution in [-0.2, 0) is 10.0 Å². The molecule has 0 fully saturated rings. The molecule has 0 spiro atoms. The van der Waals surface area contributed by atoms with Gasteiger partial charge in [-0.3, -0.25) is 9.52 Å². The van der Waals surface area contributed by atoms with Crippen molar-refractivity contribution in [1.29, 1.82) is 0 Å². The van der Waals surface area contributed by atoms with Crippen molar-refractivity contribution in [3.05, 3.63) is 58.1 Å². The number of carbonyl (C=O) groups excluding carboxylic acids is 1. The lowest BCUT2D eigenvalue weighted by Crippen LogP contribution is -2.13. The van der Waals surface area contributed by atoms with Gasteiger partial charge < -0.3 is 5.32 Å². The molecule has 5 nitrogen and oxygen atoms in total. The second kappa shape index (κ2) is 6.60. The van der Waals surface area contributed by atoms with Crippen molar-refractivity contribution in [3.63, 3.8) is 0 Å². The average molecular weight is 353 g/mol. The molecule has 2 aromatic rings. The summed E-state index contributed by atoms with van der Waals surface area (Å²) in [6, 6.07) is 10.0. The minimum absolute atomic E-state index is 0.202. The van der Waals surface area contributed by atoms with E-state index in [2.05, 4.69) is 10.0 Å². The Labute approximate surface area is 140 Å². The molecule has 0 unspecified atom stereocenters. The summed E-state index contributed by atoms with van der Waals surface area (Å²) < 4.78 is 24.7. The molecule has 1 amide bonds. The molecule has 0 aliphatic rings. The molecule has 0 aliphatic carbocycles. The lowest BCUT2D eigenvalue weighted by atomic mass is 10.1. The molecule has 2 N–H and O–H groups in total. The molecular formula is C16H17ClN2O3S. The maximum Gasteiger partial charge on any atom is 0.255 e. The van der Waals surface area contributed by atoms with Crippen molar-refractivity contribution in [3.8, 4) is 0 Å². The number of rotatable bonds is 4. The number of hydrogen-bond acceptors (Lipinski definition) is 3. The number of benzene rings is 2. The van der Waals surface area contributed by atoms with E-state index in [9.17, 15) is 13.2 Å². The fraction of sp³-hybridized carbons (Fsp3) is 0.188. The quantitative estimate of drug-likeness (QED) is 0.883. The van der Waals surface area contributed by atoms with E-state index < -0.39 is 10.0 Å². The van der Waals surface area contributed by atoms with E-state index in [-0.39, 0.29) is 16.6 Å². The predicted molar refractivity (Wildman–Crippen MR) is 93.8 cm³/mol. The highest BCUT2D eigenvalue weighted by Crippen LogP contribution is 2.26. The minimum Gasteiger partial charge on any atom is -0.322 e. The highest BCUT2D eigenvalue weighted by Gasteiger charge is 2.10. The van der Waals surface area contributed by atoms with Crippen LogP contribution in [0.25, 0.3) is 0 Å². The summed E-state index contributed by atoms with van der Waals surface area (Å²) >= 11 is 6.03. The Morgan fingerprint density at radius 2 is 1.74 bits per heavy atom. The third kappa shape index (κ3) is 4.71. The number of halogens is 1. The Bertz CT molecular complexity index is 864. The van der Waals surface area contributed by atoms with Crippen molar-refractivity contribution in [2.45, 2.75) is 13.8 Å². The first-order valence-electron chi connectivity index (χ1n) is 6.81. The molecule has 0 bridgehead atoms. The van der Waals surface area contributed by atoms with Gasteiger partial charge in [0.25, 0.3) is 5.91 Å². The summed E-state index contributed by atoms with van der Waals surface area (Å²) in [7, 11) is -3.41. The van der Waals surface area contributed by atoms with E-state index in [4.69, 9.17) is 11.6 Å². The summed E-state index contributed by atoms with van der Waals surface area (Å²) in [4.78, 5) is 12.2. The lowest BCUT2D eigenvalue weighted by molar-refractivity contribution is 0.102. The number of nitrogens with one attached hydrogen (secondary N) is 2. The molecule has 23 heavy (non-hydrogen) atoms. The molecular weight excluding hydrogens is 336 g/mol. The number of anilines is 2. The van der Waals surface area contributed by atoms with Gasteiger partial charge in [-0.2, -0.15) is 0 Å². The van der Waals surface area contributed by atoms with Crippen LogP contribution in [0.2, 0.25) is 5.02 Å². The van der Waals surface area contributed by atoms with Crippen LogP contribution < -0.4 is 10.0 Å². The van der Waals surface area contributed by atoms with Gasteiger partial charge in [-0.1, -0.05) is 17.7 Å². The standard InChI is InChI=1S/C16H17ClN2O3S/c1-10-4-5-12(8-11(10)2)16(20)18-13-6-7-15(14(17)9-13)19-23(3,21)22/h4-9,19H,1-3H3,(H,18,20). The number of aryl methyl sites for hydroxylation is 2. The van der Waals surface area contributed by atoms with Gasteiger partial charge in [0, 0.05) is 11.3 Å². The van der Waals surface area contributed by atoms with Crippen LogP contribution in [0.3, 0.4) is 0 Å². The molecule has 7 heteroatoms. The molecule has 0 radical (unpaired) electrons. The van der Waals surface area contributed by atoms with E-state index in [0.717, 1.165) is 17.4 Å². The maximum atomic E-state index is 12.2. The van der Waals surface area contributed by atoms with Crippen molar-refractivity contribution in [1.82, 2.24) is 0 Å². The highest BCUT2D eigenvalue weighted by molar-refractivity contribution is 7.92. The van der Waals surface area contributed by atoms with Crippen LogP contribution in [0.4, 0.5) is 11.4 Å². The zero-order valence-electron chi connectivity index (χ0n) is 13.0. The predicted octanol–water partition coefficient (Wildman–Crippen LogP) is 3.58. The Morgan fingerprint density at radius 3 is 2.30 bits per heavy atom. The summed E-state index contributed by atoms with van der Waals surface area (Å²) in [6.45, 7) is 3.92. The summed E-state index contributed by atoms with van der Waals surface area (Å²) in [5.74, 6) is -0.256. The molecule has 2 rings (SSSR count). The Hall–Kier alpha value is -2.05. The van der Waals surface area contributed by atoms with E-state index >= 15 is 0 Å². The van der Waals surface area contributed by atoms with Gasteiger partial charge in [-0.15, -0.1) is 0 Å². The second-order valence-electron chi connectivity index (χ2n) is 5.32. The third-order valence-corrected chi connectivity index (χ3v) is 4.19. The van der Waals surface area contributed by atoms with E-state index in [1.54, 1.807) is 12.1 Å². The molecule has 2 aromatic carbocycles. The first-order chi connectivity index (χ1) is 10.7. The van der Waals surface area contributed by atoms with Crippen LogP contribution in [0.1, 0.15) is 21.5 Å².